The molecule has 0 fully saturated rings. The van der Waals surface area contributed by atoms with Gasteiger partial charge >= 0.3 is 0 Å². The number of nitrogens with two attached hydrogens (primary N) is 1. The highest BCUT2D eigenvalue weighted by atomic mass is 35.5. The van der Waals surface area contributed by atoms with E-state index in [1.54, 1.807) is 19.1 Å². The first-order valence-electron chi connectivity index (χ1n) is 7.92. The molecule has 2 aromatic carbocycles. The van der Waals surface area contributed by atoms with Gasteiger partial charge in [0.2, 0.25) is 0 Å². The van der Waals surface area contributed by atoms with Crippen LogP contribution in [0.4, 0.5) is 11.4 Å². The molecule has 2 aromatic rings. The number of anilines is 1. The summed E-state index contributed by atoms with van der Waals surface area (Å²) in [6, 6.07) is 9.65. The number of benzene rings is 2. The number of allylic oxidation sites excluding steroid dienone is 1. The molecule has 0 saturated heterocycles. The van der Waals surface area contributed by atoms with Crippen LogP contribution in [0.1, 0.15) is 12.5 Å². The molecule has 1 aliphatic rings. The number of hydrazine groups is 1. The minimum Gasteiger partial charge on any atom is -0.385 e. The van der Waals surface area contributed by atoms with Gasteiger partial charge in [0.25, 0.3) is 0 Å². The Bertz CT molecular complexity index is 911. The van der Waals surface area contributed by atoms with Crippen LogP contribution >= 0.6 is 23.2 Å². The number of aliphatic imine (C=N–C) groups is 1. The van der Waals surface area contributed by atoms with Crippen molar-refractivity contribution in [3.8, 4) is 11.1 Å². The highest BCUT2D eigenvalue weighted by Gasteiger charge is 2.16. The van der Waals surface area contributed by atoms with Crippen LogP contribution in [0.5, 0.6) is 0 Å². The molecular formula is C19H19Cl2N5. The zero-order valence-corrected chi connectivity index (χ0v) is 15.8. The molecular weight excluding hydrogens is 369 g/mol. The van der Waals surface area contributed by atoms with Crippen molar-refractivity contribution in [2.24, 2.45) is 10.7 Å². The molecule has 0 radical (unpaired) electrons. The van der Waals surface area contributed by atoms with E-state index in [9.17, 15) is 0 Å². The average molecular weight is 388 g/mol. The first-order chi connectivity index (χ1) is 12.3. The molecule has 26 heavy (non-hydrogen) atoms. The van der Waals surface area contributed by atoms with Crippen LogP contribution < -0.4 is 21.9 Å². The molecule has 5 N–H and O–H groups in total. The maximum Gasteiger partial charge on any atom is 0.118 e. The zero-order chi connectivity index (χ0) is 18.8. The first-order valence-corrected chi connectivity index (χ1v) is 8.68. The molecule has 0 bridgehead atoms. The Morgan fingerprint density at radius 1 is 1.19 bits per heavy atom. The Balaban J connectivity index is 1.91. The van der Waals surface area contributed by atoms with E-state index in [0.717, 1.165) is 28.9 Å². The van der Waals surface area contributed by atoms with Gasteiger partial charge < -0.3 is 11.1 Å². The van der Waals surface area contributed by atoms with Gasteiger partial charge in [0.1, 0.15) is 11.7 Å². The molecule has 0 spiro atoms. The van der Waals surface area contributed by atoms with E-state index in [1.165, 1.54) is 5.56 Å². The molecule has 0 amide bonds. The van der Waals surface area contributed by atoms with Gasteiger partial charge in [-0.15, -0.1) is 0 Å². The zero-order valence-electron chi connectivity index (χ0n) is 14.3. The Morgan fingerprint density at radius 3 is 2.54 bits per heavy atom. The number of halogens is 2. The Kier molecular flexibility index (Phi) is 5.11. The number of fused-ring (bicyclic) bond motifs is 1. The summed E-state index contributed by atoms with van der Waals surface area (Å²) in [5.41, 5.74) is 16.5. The minimum absolute atomic E-state index is 0.291. The van der Waals surface area contributed by atoms with E-state index >= 15 is 0 Å². The molecule has 0 unspecified atom stereocenters. The number of nitrogens with one attached hydrogen (secondary N) is 3. The summed E-state index contributed by atoms with van der Waals surface area (Å²) in [5.74, 6) is 0.885. The van der Waals surface area contributed by atoms with Crippen LogP contribution in [0.25, 0.3) is 11.1 Å². The summed E-state index contributed by atoms with van der Waals surface area (Å²) >= 11 is 13.0. The van der Waals surface area contributed by atoms with Gasteiger partial charge in [-0.25, -0.2) is 4.99 Å². The lowest BCUT2D eigenvalue weighted by molar-refractivity contribution is 0.755. The molecule has 0 saturated carbocycles. The van der Waals surface area contributed by atoms with E-state index in [4.69, 9.17) is 28.9 Å². The van der Waals surface area contributed by atoms with Crippen molar-refractivity contribution in [3.63, 3.8) is 0 Å². The summed E-state index contributed by atoms with van der Waals surface area (Å²) in [7, 11) is 0. The van der Waals surface area contributed by atoms with Gasteiger partial charge in [-0.05, 0) is 36.2 Å². The van der Waals surface area contributed by atoms with E-state index in [1.807, 2.05) is 12.1 Å². The van der Waals surface area contributed by atoms with Crippen molar-refractivity contribution in [1.82, 2.24) is 10.9 Å². The largest absolute Gasteiger partial charge is 0.385 e. The molecule has 0 atom stereocenters. The SMILES string of the molecule is C=C(N)NNC(C)=Nc1cc(Cl)c(-c2ccc3c(c2)NC(=C)C3)c(Cl)c1. The second kappa shape index (κ2) is 7.32. The molecule has 0 aliphatic carbocycles. The van der Waals surface area contributed by atoms with E-state index in [0.29, 0.717) is 27.4 Å². The van der Waals surface area contributed by atoms with Crippen molar-refractivity contribution < 1.29 is 0 Å². The second-order valence-electron chi connectivity index (χ2n) is 6.03. The number of amidine groups is 1. The third kappa shape index (κ3) is 3.95. The summed E-state index contributed by atoms with van der Waals surface area (Å²) in [5, 5.41) is 4.32. The average Bonchev–Trinajstić information content (AvgIpc) is 2.91. The predicted molar refractivity (Wildman–Crippen MR) is 111 cm³/mol. The second-order valence-corrected chi connectivity index (χ2v) is 6.85. The highest BCUT2D eigenvalue weighted by Crippen LogP contribution is 2.40. The maximum atomic E-state index is 6.50. The lowest BCUT2D eigenvalue weighted by Crippen LogP contribution is -2.37. The number of nitrogens with zero attached hydrogens (tertiary/aromatic N) is 1. The van der Waals surface area contributed by atoms with Crippen molar-refractivity contribution in [2.75, 3.05) is 5.32 Å². The van der Waals surface area contributed by atoms with Gasteiger partial charge in [-0.2, -0.15) is 0 Å². The quantitative estimate of drug-likeness (QED) is 0.348. The third-order valence-electron chi connectivity index (χ3n) is 3.84. The molecule has 134 valence electrons. The summed E-state index contributed by atoms with van der Waals surface area (Å²) in [6.07, 6.45) is 0.834. The minimum atomic E-state index is 0.291. The van der Waals surface area contributed by atoms with Crippen LogP contribution in [0.3, 0.4) is 0 Å². The maximum absolute atomic E-state index is 6.50. The van der Waals surface area contributed by atoms with Crippen LogP contribution in [0.2, 0.25) is 10.0 Å². The van der Waals surface area contributed by atoms with E-state index < -0.39 is 0 Å². The number of rotatable bonds is 4. The molecule has 3 rings (SSSR count). The normalized spacial score (nSPS) is 13.2. The number of hydrogen-bond acceptors (Lipinski definition) is 4. The Hall–Kier alpha value is -2.63. The summed E-state index contributed by atoms with van der Waals surface area (Å²) in [6.45, 7) is 9.28. The van der Waals surface area contributed by atoms with Gasteiger partial charge in [0.15, 0.2) is 0 Å². The van der Waals surface area contributed by atoms with Gasteiger partial charge in [-0.1, -0.05) is 48.5 Å². The van der Waals surface area contributed by atoms with Crippen LogP contribution in [-0.4, -0.2) is 5.84 Å². The van der Waals surface area contributed by atoms with Crippen LogP contribution in [-0.2, 0) is 6.42 Å². The molecule has 0 aromatic heterocycles. The standard InChI is InChI=1S/C19H19Cl2N5/c1-10-6-13-4-5-14(7-18(13)23-10)19-16(20)8-15(9-17(19)21)24-12(3)26-25-11(2)22/h4-5,7-9,23,25H,1-2,6,22H2,3H3,(H,24,26). The van der Waals surface area contributed by atoms with Gasteiger partial charge in [0.05, 0.1) is 15.7 Å². The topological polar surface area (TPSA) is 74.5 Å². The fraction of sp³-hybridized carbons (Fsp3) is 0.105. The molecule has 1 aliphatic heterocycles. The van der Waals surface area contributed by atoms with Crippen molar-refractivity contribution in [3.05, 3.63) is 70.6 Å². The lowest BCUT2D eigenvalue weighted by atomic mass is 10.0. The van der Waals surface area contributed by atoms with Crippen molar-refractivity contribution in [1.29, 1.82) is 0 Å². The van der Waals surface area contributed by atoms with Gasteiger partial charge in [0, 0.05) is 23.4 Å². The van der Waals surface area contributed by atoms with Crippen LogP contribution in [0, 0.1) is 0 Å². The molecule has 1 heterocycles. The van der Waals surface area contributed by atoms with E-state index in [-0.39, 0.29) is 0 Å². The fourth-order valence-corrected chi connectivity index (χ4v) is 3.45. The molecule has 7 heteroatoms. The van der Waals surface area contributed by atoms with Gasteiger partial charge in [-0.3, -0.25) is 10.9 Å². The highest BCUT2D eigenvalue weighted by molar-refractivity contribution is 6.39. The Morgan fingerprint density at radius 2 is 1.88 bits per heavy atom. The summed E-state index contributed by atoms with van der Waals surface area (Å²) < 4.78 is 0. The third-order valence-corrected chi connectivity index (χ3v) is 4.44. The van der Waals surface area contributed by atoms with Crippen LogP contribution in [0.15, 0.2) is 60.0 Å². The lowest BCUT2D eigenvalue weighted by Gasteiger charge is -2.12. The first kappa shape index (κ1) is 18.2. The fourth-order valence-electron chi connectivity index (χ4n) is 2.76. The van der Waals surface area contributed by atoms with E-state index in [2.05, 4.69) is 40.4 Å². The summed E-state index contributed by atoms with van der Waals surface area (Å²) in [4.78, 5) is 4.41. The smallest absolute Gasteiger partial charge is 0.118 e. The molecule has 5 nitrogen and oxygen atoms in total. The van der Waals surface area contributed by atoms with Crippen molar-refractivity contribution >= 4 is 40.4 Å². The Labute approximate surface area is 162 Å². The monoisotopic (exact) mass is 387 g/mol. The number of hydrogen-bond donors (Lipinski definition) is 4. The predicted octanol–water partition coefficient (Wildman–Crippen LogP) is 4.72. The van der Waals surface area contributed by atoms with Crippen molar-refractivity contribution in [2.45, 2.75) is 13.3 Å².